The molecule has 1 aromatic carbocycles. The molecule has 2 saturated heterocycles. The first-order valence-electron chi connectivity index (χ1n) is 12.9. The fourth-order valence-electron chi connectivity index (χ4n) is 5.97. The molecular weight excluding hydrogens is 524 g/mol. The number of fused-ring (bicyclic) bond motifs is 4. The summed E-state index contributed by atoms with van der Waals surface area (Å²) in [6.07, 6.45) is 6.37. The molecule has 2 fully saturated rings. The van der Waals surface area contributed by atoms with E-state index in [0.717, 1.165) is 51.9 Å². The number of hydrogen-bond acceptors (Lipinski definition) is 9. The fraction of sp³-hybridized carbons (Fsp3) is 0.462. The van der Waals surface area contributed by atoms with Gasteiger partial charge in [-0.15, -0.1) is 11.3 Å². The normalized spacial score (nSPS) is 22.2. The standard InChI is InChI=1S/C26H30N6O4S2/c1-14(2)36-20-9-18-16(10-29-31-18)7-19(20)30-23-22-17-4-3-15(8-21(17)37-24(22)28-13-27-23)25(33)32-11-26(12-32)5-6-38(26,34)35/h7,9-10,13-15,34-35H,3-6,8,11-12H2,1-2H3,(H,29,31)(H,27,28,30). The molecule has 1 spiro atoms. The summed E-state index contributed by atoms with van der Waals surface area (Å²) >= 11 is 1.63. The Labute approximate surface area is 225 Å². The lowest BCUT2D eigenvalue weighted by Crippen LogP contribution is -2.71. The third-order valence-electron chi connectivity index (χ3n) is 8.16. The second-order valence-electron chi connectivity index (χ2n) is 10.9. The first-order valence-corrected chi connectivity index (χ1v) is 15.5. The molecule has 38 heavy (non-hydrogen) atoms. The quantitative estimate of drug-likeness (QED) is 0.272. The van der Waals surface area contributed by atoms with E-state index in [1.807, 2.05) is 30.9 Å². The van der Waals surface area contributed by atoms with Crippen LogP contribution in [0.4, 0.5) is 11.5 Å². The van der Waals surface area contributed by atoms with Crippen LogP contribution in [0, 0.1) is 5.92 Å². The molecule has 0 saturated carbocycles. The molecule has 12 heteroatoms. The predicted octanol–water partition coefficient (Wildman–Crippen LogP) is 4.94. The SMILES string of the molecule is CC(C)Oc1cc2[nH]ncc2cc1Nc1ncnc2sc3c(c12)CCC(C(=O)N1CC2(CCS2(O)O)C1)C3. The minimum Gasteiger partial charge on any atom is -0.489 e. The van der Waals surface area contributed by atoms with Gasteiger partial charge in [-0.25, -0.2) is 9.97 Å². The second-order valence-corrected chi connectivity index (χ2v) is 14.6. The number of aromatic nitrogens is 4. The van der Waals surface area contributed by atoms with Gasteiger partial charge in [0.25, 0.3) is 0 Å². The zero-order chi connectivity index (χ0) is 26.2. The number of thiophene rings is 1. The summed E-state index contributed by atoms with van der Waals surface area (Å²) in [6.45, 7) is 4.94. The molecule has 4 N–H and O–H groups in total. The van der Waals surface area contributed by atoms with Gasteiger partial charge in [0.15, 0.2) is 0 Å². The average Bonchev–Trinajstić information content (AvgIpc) is 3.46. The average molecular weight is 555 g/mol. The van der Waals surface area contributed by atoms with E-state index < -0.39 is 15.3 Å². The Morgan fingerprint density at radius 1 is 1.32 bits per heavy atom. The lowest BCUT2D eigenvalue weighted by molar-refractivity contribution is -0.141. The largest absolute Gasteiger partial charge is 0.489 e. The number of aromatic amines is 1. The molecule has 200 valence electrons. The smallest absolute Gasteiger partial charge is 0.226 e. The topological polar surface area (TPSA) is 136 Å². The molecule has 3 aromatic heterocycles. The van der Waals surface area contributed by atoms with Crippen molar-refractivity contribution in [2.75, 3.05) is 24.2 Å². The van der Waals surface area contributed by atoms with Crippen molar-refractivity contribution in [3.63, 3.8) is 0 Å². The van der Waals surface area contributed by atoms with Gasteiger partial charge in [-0.1, -0.05) is 0 Å². The van der Waals surface area contributed by atoms with Gasteiger partial charge >= 0.3 is 0 Å². The number of benzene rings is 1. The number of ether oxygens (including phenoxy) is 1. The van der Waals surface area contributed by atoms with Crippen molar-refractivity contribution < 1.29 is 18.6 Å². The van der Waals surface area contributed by atoms with Crippen LogP contribution in [0.25, 0.3) is 21.1 Å². The van der Waals surface area contributed by atoms with Crippen LogP contribution in [-0.2, 0) is 17.6 Å². The monoisotopic (exact) mass is 554 g/mol. The Kier molecular flexibility index (Phi) is 5.42. The van der Waals surface area contributed by atoms with Crippen molar-refractivity contribution in [1.82, 2.24) is 25.1 Å². The number of nitrogens with one attached hydrogen (secondary N) is 2. The number of hydrogen-bond donors (Lipinski definition) is 4. The number of amides is 1. The van der Waals surface area contributed by atoms with Crippen LogP contribution >= 0.6 is 21.9 Å². The van der Waals surface area contributed by atoms with E-state index in [2.05, 4.69) is 25.5 Å². The highest BCUT2D eigenvalue weighted by molar-refractivity contribution is 8.26. The lowest BCUT2D eigenvalue weighted by Gasteiger charge is -2.67. The Balaban J connectivity index is 1.15. The number of aryl methyl sites for hydroxylation is 1. The summed E-state index contributed by atoms with van der Waals surface area (Å²) in [4.78, 5) is 26.4. The van der Waals surface area contributed by atoms with Crippen molar-refractivity contribution in [2.45, 2.75) is 50.4 Å². The second kappa shape index (κ2) is 8.54. The number of rotatable bonds is 5. The highest BCUT2D eigenvalue weighted by Gasteiger charge is 2.60. The first-order chi connectivity index (χ1) is 18.2. The number of nitrogens with zero attached hydrogens (tertiary/aromatic N) is 4. The molecule has 2 aliphatic heterocycles. The van der Waals surface area contributed by atoms with Crippen LogP contribution in [-0.4, -0.2) is 69.8 Å². The molecule has 5 heterocycles. The number of anilines is 2. The maximum absolute atomic E-state index is 13.3. The molecule has 7 rings (SSSR count). The summed E-state index contributed by atoms with van der Waals surface area (Å²) in [5.74, 6) is 1.97. The number of likely N-dealkylation sites (tertiary alicyclic amines) is 1. The summed E-state index contributed by atoms with van der Waals surface area (Å²) in [5, 5.41) is 12.6. The van der Waals surface area contributed by atoms with Crippen molar-refractivity contribution >= 4 is 60.5 Å². The molecule has 10 nitrogen and oxygen atoms in total. The summed E-state index contributed by atoms with van der Waals surface area (Å²) in [7, 11) is -2.53. The van der Waals surface area contributed by atoms with E-state index >= 15 is 0 Å². The predicted molar refractivity (Wildman–Crippen MR) is 150 cm³/mol. The van der Waals surface area contributed by atoms with Gasteiger partial charge in [-0.05, 0) is 51.2 Å². The van der Waals surface area contributed by atoms with Crippen molar-refractivity contribution in [3.05, 3.63) is 35.1 Å². The van der Waals surface area contributed by atoms with E-state index in [4.69, 9.17) is 4.74 Å². The van der Waals surface area contributed by atoms with Crippen LogP contribution in [0.5, 0.6) is 5.75 Å². The van der Waals surface area contributed by atoms with Crippen LogP contribution in [0.15, 0.2) is 24.7 Å². The zero-order valence-electron chi connectivity index (χ0n) is 21.2. The first kappa shape index (κ1) is 24.1. The van der Waals surface area contributed by atoms with Crippen LogP contribution in [0.1, 0.15) is 37.1 Å². The van der Waals surface area contributed by atoms with Gasteiger partial charge in [0.2, 0.25) is 5.91 Å². The Morgan fingerprint density at radius 2 is 2.16 bits per heavy atom. The van der Waals surface area contributed by atoms with Crippen LogP contribution < -0.4 is 10.1 Å². The fourth-order valence-corrected chi connectivity index (χ4v) is 9.10. The molecule has 1 amide bonds. The number of carbonyl (C=O) groups excluding carboxylic acids is 1. The number of carbonyl (C=O) groups is 1. The minimum atomic E-state index is -2.53. The molecule has 1 unspecified atom stereocenters. The maximum Gasteiger partial charge on any atom is 0.226 e. The van der Waals surface area contributed by atoms with Gasteiger partial charge in [0.1, 0.15) is 22.7 Å². The molecule has 1 atom stereocenters. The van der Waals surface area contributed by atoms with Crippen molar-refractivity contribution in [1.29, 1.82) is 0 Å². The zero-order valence-corrected chi connectivity index (χ0v) is 22.9. The minimum absolute atomic E-state index is 0.00266. The Bertz CT molecular complexity index is 1570. The maximum atomic E-state index is 13.3. The third-order valence-corrected chi connectivity index (χ3v) is 11.9. The number of H-pyrrole nitrogens is 1. The van der Waals surface area contributed by atoms with Crippen LogP contribution in [0.2, 0.25) is 0 Å². The Morgan fingerprint density at radius 3 is 2.89 bits per heavy atom. The van der Waals surface area contributed by atoms with Crippen molar-refractivity contribution in [3.8, 4) is 5.75 Å². The lowest BCUT2D eigenvalue weighted by atomic mass is 9.85. The molecule has 1 aliphatic carbocycles. The van der Waals surface area contributed by atoms with E-state index in [0.29, 0.717) is 31.0 Å². The van der Waals surface area contributed by atoms with Crippen molar-refractivity contribution in [2.24, 2.45) is 5.92 Å². The van der Waals surface area contributed by atoms with Crippen LogP contribution in [0.3, 0.4) is 0 Å². The highest BCUT2D eigenvalue weighted by atomic mass is 32.3. The summed E-state index contributed by atoms with van der Waals surface area (Å²) in [6, 6.07) is 3.96. The van der Waals surface area contributed by atoms with Gasteiger partial charge in [-0.3, -0.25) is 19.0 Å². The Hall–Kier alpha value is -2.93. The summed E-state index contributed by atoms with van der Waals surface area (Å²) in [5.41, 5.74) is 2.92. The molecule has 0 radical (unpaired) electrons. The molecule has 4 aromatic rings. The van der Waals surface area contributed by atoms with Gasteiger partial charge in [-0.2, -0.15) is 15.7 Å². The van der Waals surface area contributed by atoms with E-state index in [1.165, 1.54) is 10.4 Å². The van der Waals surface area contributed by atoms with Gasteiger partial charge in [0, 0.05) is 41.1 Å². The van der Waals surface area contributed by atoms with Gasteiger partial charge in [0.05, 0.1) is 33.6 Å². The molecular formula is C26H30N6O4S2. The third kappa shape index (κ3) is 3.69. The molecule has 0 bridgehead atoms. The van der Waals surface area contributed by atoms with E-state index in [1.54, 1.807) is 23.9 Å². The summed E-state index contributed by atoms with van der Waals surface area (Å²) < 4.78 is 26.1. The van der Waals surface area contributed by atoms with Gasteiger partial charge < -0.3 is 15.0 Å². The van der Waals surface area contributed by atoms with E-state index in [-0.39, 0.29) is 17.9 Å². The van der Waals surface area contributed by atoms with E-state index in [9.17, 15) is 13.9 Å². The highest BCUT2D eigenvalue weighted by Crippen LogP contribution is 2.67. The molecule has 3 aliphatic rings.